The molecule has 0 fully saturated rings. The summed E-state index contributed by atoms with van der Waals surface area (Å²) in [5, 5.41) is 3.68. The summed E-state index contributed by atoms with van der Waals surface area (Å²) >= 11 is 0. The summed E-state index contributed by atoms with van der Waals surface area (Å²) in [5.41, 5.74) is 0. The Bertz CT molecular complexity index is 345. The van der Waals surface area contributed by atoms with Gasteiger partial charge in [-0.05, 0) is 26.8 Å². The van der Waals surface area contributed by atoms with Crippen LogP contribution in [0.15, 0.2) is 18.5 Å². The molecule has 0 unspecified atom stereocenters. The molecule has 0 saturated heterocycles. The normalized spacial score (nSPS) is 13.2. The molecule has 68 valence electrons. The maximum atomic E-state index is 11.6. The number of rotatable bonds is 1. The summed E-state index contributed by atoms with van der Waals surface area (Å²) < 4.78 is 23.4. The average Bonchev–Trinajstić information content (AvgIpc) is 2.34. The van der Waals surface area contributed by atoms with Crippen molar-refractivity contribution in [2.24, 2.45) is 0 Å². The highest BCUT2D eigenvalue weighted by atomic mass is 32.2. The van der Waals surface area contributed by atoms with Gasteiger partial charge >= 0.3 is 0 Å². The third-order valence-electron chi connectivity index (χ3n) is 1.50. The van der Waals surface area contributed by atoms with E-state index in [1.54, 1.807) is 26.8 Å². The van der Waals surface area contributed by atoms with E-state index in [0.29, 0.717) is 0 Å². The molecule has 1 aromatic heterocycles. The van der Waals surface area contributed by atoms with Crippen molar-refractivity contribution in [3.63, 3.8) is 0 Å². The van der Waals surface area contributed by atoms with Crippen LogP contribution in [0.5, 0.6) is 0 Å². The van der Waals surface area contributed by atoms with Crippen LogP contribution in [-0.2, 0) is 10.0 Å². The zero-order valence-corrected chi connectivity index (χ0v) is 8.17. The Hall–Kier alpha value is -0.840. The lowest BCUT2D eigenvalue weighted by Crippen LogP contribution is -2.33. The van der Waals surface area contributed by atoms with Crippen molar-refractivity contribution < 1.29 is 8.42 Å². The average molecular weight is 188 g/mol. The van der Waals surface area contributed by atoms with Gasteiger partial charge < -0.3 is 0 Å². The Morgan fingerprint density at radius 3 is 2.25 bits per heavy atom. The highest BCUT2D eigenvalue weighted by molar-refractivity contribution is 7.91. The van der Waals surface area contributed by atoms with Gasteiger partial charge in [-0.3, -0.25) is 0 Å². The van der Waals surface area contributed by atoms with Gasteiger partial charge in [-0.1, -0.05) is 0 Å². The van der Waals surface area contributed by atoms with Crippen molar-refractivity contribution in [3.05, 3.63) is 18.5 Å². The second-order valence-electron chi connectivity index (χ2n) is 3.50. The van der Waals surface area contributed by atoms with Gasteiger partial charge in [-0.2, -0.15) is 9.19 Å². The highest BCUT2D eigenvalue weighted by Crippen LogP contribution is 2.16. The Kier molecular flexibility index (Phi) is 1.99. The minimum absolute atomic E-state index is 0.807. The molecular weight excluding hydrogens is 176 g/mol. The molecule has 1 aromatic rings. The minimum atomic E-state index is -3.33. The van der Waals surface area contributed by atoms with Gasteiger partial charge in [0.25, 0.3) is 10.0 Å². The van der Waals surface area contributed by atoms with Crippen LogP contribution < -0.4 is 0 Å². The molecule has 0 saturated carbocycles. The maximum absolute atomic E-state index is 11.6. The maximum Gasteiger partial charge on any atom is 0.258 e. The Balaban J connectivity index is 3.22. The smallest absolute Gasteiger partial charge is 0.204 e. The number of hydrogen-bond acceptors (Lipinski definition) is 3. The summed E-state index contributed by atoms with van der Waals surface area (Å²) in [6.45, 7) is 4.93. The molecule has 12 heavy (non-hydrogen) atoms. The SMILES string of the molecule is CC(C)(C)S(=O)(=O)n1cccn1. The van der Waals surface area contributed by atoms with Gasteiger partial charge in [-0.25, -0.2) is 8.42 Å². The fourth-order valence-electron chi connectivity index (χ4n) is 0.678. The van der Waals surface area contributed by atoms with Crippen LogP contribution in [0.1, 0.15) is 20.8 Å². The summed E-state index contributed by atoms with van der Waals surface area (Å²) in [6.07, 6.45) is 2.88. The molecule has 1 rings (SSSR count). The van der Waals surface area contributed by atoms with Crippen molar-refractivity contribution >= 4 is 10.0 Å². The van der Waals surface area contributed by atoms with Crippen LogP contribution in [-0.4, -0.2) is 22.4 Å². The van der Waals surface area contributed by atoms with E-state index in [1.165, 1.54) is 12.4 Å². The first-order valence-electron chi connectivity index (χ1n) is 3.60. The number of aromatic nitrogens is 2. The van der Waals surface area contributed by atoms with E-state index in [4.69, 9.17) is 0 Å². The lowest BCUT2D eigenvalue weighted by molar-refractivity contribution is 0.543. The van der Waals surface area contributed by atoms with E-state index in [1.807, 2.05) is 0 Å². The van der Waals surface area contributed by atoms with E-state index >= 15 is 0 Å². The molecule has 0 aromatic carbocycles. The van der Waals surface area contributed by atoms with Crippen LogP contribution in [0.4, 0.5) is 0 Å². The predicted molar refractivity (Wildman–Crippen MR) is 46.3 cm³/mol. The molecule has 0 aliphatic carbocycles. The lowest BCUT2D eigenvalue weighted by Gasteiger charge is -2.18. The van der Waals surface area contributed by atoms with Crippen LogP contribution >= 0.6 is 0 Å². The van der Waals surface area contributed by atoms with E-state index in [9.17, 15) is 8.42 Å². The van der Waals surface area contributed by atoms with Crippen molar-refractivity contribution in [2.45, 2.75) is 25.5 Å². The van der Waals surface area contributed by atoms with Gasteiger partial charge in [0.05, 0.1) is 10.9 Å². The van der Waals surface area contributed by atoms with Crippen LogP contribution in [0.25, 0.3) is 0 Å². The molecule has 0 N–H and O–H groups in total. The molecule has 0 aliphatic rings. The summed E-state index contributed by atoms with van der Waals surface area (Å²) in [7, 11) is -3.33. The van der Waals surface area contributed by atoms with E-state index in [-0.39, 0.29) is 0 Å². The van der Waals surface area contributed by atoms with E-state index < -0.39 is 14.8 Å². The lowest BCUT2D eigenvalue weighted by atomic mass is 10.3. The third-order valence-corrected chi connectivity index (χ3v) is 3.76. The topological polar surface area (TPSA) is 52.0 Å². The second kappa shape index (κ2) is 2.58. The standard InChI is InChI=1S/C7H12N2O2S/c1-7(2,3)12(10,11)9-6-4-5-8-9/h4-6H,1-3H3. The molecule has 0 atom stereocenters. The fraction of sp³-hybridized carbons (Fsp3) is 0.571. The quantitative estimate of drug-likeness (QED) is 0.656. The zero-order chi connectivity index (χ0) is 9.41. The predicted octanol–water partition coefficient (Wildman–Crippen LogP) is 0.860. The van der Waals surface area contributed by atoms with Crippen molar-refractivity contribution in [1.82, 2.24) is 9.19 Å². The zero-order valence-electron chi connectivity index (χ0n) is 7.35. The highest BCUT2D eigenvalue weighted by Gasteiger charge is 2.30. The van der Waals surface area contributed by atoms with E-state index in [0.717, 1.165) is 4.09 Å². The Labute approximate surface area is 72.3 Å². The van der Waals surface area contributed by atoms with Gasteiger partial charge in [-0.15, -0.1) is 0 Å². The molecule has 0 bridgehead atoms. The van der Waals surface area contributed by atoms with Gasteiger partial charge in [0.2, 0.25) is 0 Å². The second-order valence-corrected chi connectivity index (χ2v) is 6.05. The Morgan fingerprint density at radius 1 is 1.33 bits per heavy atom. The Morgan fingerprint density at radius 2 is 1.92 bits per heavy atom. The number of nitrogens with zero attached hydrogens (tertiary/aromatic N) is 2. The van der Waals surface area contributed by atoms with Gasteiger partial charge in [0.15, 0.2) is 0 Å². The molecule has 0 amide bonds. The largest absolute Gasteiger partial charge is 0.258 e. The van der Waals surface area contributed by atoms with Crippen molar-refractivity contribution in [2.75, 3.05) is 0 Å². The van der Waals surface area contributed by atoms with E-state index in [2.05, 4.69) is 5.10 Å². The monoisotopic (exact) mass is 188 g/mol. The first kappa shape index (κ1) is 9.25. The summed E-state index contributed by atoms with van der Waals surface area (Å²) in [6, 6.07) is 1.59. The molecule has 0 radical (unpaired) electrons. The van der Waals surface area contributed by atoms with Crippen LogP contribution in [0.2, 0.25) is 0 Å². The van der Waals surface area contributed by atoms with Crippen molar-refractivity contribution in [3.8, 4) is 0 Å². The van der Waals surface area contributed by atoms with Crippen LogP contribution in [0, 0.1) is 0 Å². The molecular formula is C7H12N2O2S. The van der Waals surface area contributed by atoms with Gasteiger partial charge in [0, 0.05) is 6.20 Å². The molecule has 0 spiro atoms. The number of hydrogen-bond donors (Lipinski definition) is 0. The van der Waals surface area contributed by atoms with Gasteiger partial charge in [0.1, 0.15) is 0 Å². The third kappa shape index (κ3) is 1.36. The van der Waals surface area contributed by atoms with Crippen LogP contribution in [0.3, 0.4) is 0 Å². The first-order valence-corrected chi connectivity index (χ1v) is 5.04. The summed E-state index contributed by atoms with van der Waals surface area (Å²) in [5.74, 6) is 0. The minimum Gasteiger partial charge on any atom is -0.204 e. The first-order chi connectivity index (χ1) is 5.36. The fourth-order valence-corrected chi connectivity index (χ4v) is 1.65. The molecule has 0 aliphatic heterocycles. The molecule has 5 heteroatoms. The molecule has 1 heterocycles. The molecule has 4 nitrogen and oxygen atoms in total. The summed E-state index contributed by atoms with van der Waals surface area (Å²) in [4.78, 5) is 0. The van der Waals surface area contributed by atoms with Crippen molar-refractivity contribution in [1.29, 1.82) is 0 Å².